The molecule has 0 spiro atoms. The fourth-order valence-corrected chi connectivity index (χ4v) is 4.64. The van der Waals surface area contributed by atoms with Gasteiger partial charge in [0.15, 0.2) is 5.69 Å². The minimum absolute atomic E-state index is 0.103. The smallest absolute Gasteiger partial charge is 0.274 e. The second-order valence-corrected chi connectivity index (χ2v) is 8.99. The summed E-state index contributed by atoms with van der Waals surface area (Å²) < 4.78 is 28.7. The van der Waals surface area contributed by atoms with E-state index in [0.29, 0.717) is 24.4 Å². The van der Waals surface area contributed by atoms with Gasteiger partial charge in [0.1, 0.15) is 11.6 Å². The first-order valence-corrected chi connectivity index (χ1v) is 11.9. The monoisotopic (exact) mass is 475 g/mol. The Kier molecular flexibility index (Phi) is 6.44. The summed E-state index contributed by atoms with van der Waals surface area (Å²) in [4.78, 5) is 15.0. The lowest BCUT2D eigenvalue weighted by atomic mass is 9.95. The van der Waals surface area contributed by atoms with Crippen molar-refractivity contribution in [3.8, 4) is 16.9 Å². The fraction of sp³-hybridized carbons (Fsp3) is 0.296. The first kappa shape index (κ1) is 23.0. The summed E-state index contributed by atoms with van der Waals surface area (Å²) in [5.74, 6) is -0.698. The summed E-state index contributed by atoms with van der Waals surface area (Å²) in [7, 11) is 1.79. The lowest BCUT2D eigenvalue weighted by Gasteiger charge is -2.17. The Balaban J connectivity index is 1.26. The second kappa shape index (κ2) is 9.82. The Morgan fingerprint density at radius 2 is 1.86 bits per heavy atom. The molecule has 1 aliphatic rings. The summed E-state index contributed by atoms with van der Waals surface area (Å²) in [5.41, 5.74) is 5.65. The molecular weight excluding hydrogens is 448 g/mol. The molecule has 1 aliphatic carbocycles. The van der Waals surface area contributed by atoms with E-state index in [4.69, 9.17) is 0 Å². The van der Waals surface area contributed by atoms with Crippen LogP contribution in [0.5, 0.6) is 0 Å². The number of carbonyl (C=O) groups is 1. The number of H-pyrrole nitrogens is 1. The van der Waals surface area contributed by atoms with Gasteiger partial charge in [-0.15, -0.1) is 0 Å². The molecule has 0 bridgehead atoms. The van der Waals surface area contributed by atoms with Gasteiger partial charge in [-0.05, 0) is 81.0 Å². The summed E-state index contributed by atoms with van der Waals surface area (Å²) in [6.07, 6.45) is 5.20. The van der Waals surface area contributed by atoms with Crippen molar-refractivity contribution in [2.24, 2.45) is 0 Å². The largest absolute Gasteiger partial charge is 0.340 e. The van der Waals surface area contributed by atoms with Gasteiger partial charge in [-0.25, -0.2) is 13.5 Å². The molecule has 0 radical (unpaired) electrons. The van der Waals surface area contributed by atoms with E-state index in [1.54, 1.807) is 34.8 Å². The standard InChI is InChI=1S/C27H27F2N5O/c1-33(15-5-8-21-17-24(31-30-21)18-6-4-7-20(29)16-18)27(35)26-23-9-2-3-10-25(23)34(32-26)22-13-11-19(28)12-14-22/h4,6-7,11-14,16-17H,2-3,5,8-10,15H2,1H3,(H,30,31). The molecule has 0 saturated carbocycles. The highest BCUT2D eigenvalue weighted by Gasteiger charge is 2.27. The number of hydrogen-bond acceptors (Lipinski definition) is 3. The van der Waals surface area contributed by atoms with E-state index in [9.17, 15) is 13.6 Å². The quantitative estimate of drug-likeness (QED) is 0.403. The van der Waals surface area contributed by atoms with Gasteiger partial charge >= 0.3 is 0 Å². The normalized spacial score (nSPS) is 13.0. The van der Waals surface area contributed by atoms with E-state index < -0.39 is 0 Å². The highest BCUT2D eigenvalue weighted by Crippen LogP contribution is 2.28. The van der Waals surface area contributed by atoms with Crippen molar-refractivity contribution >= 4 is 5.91 Å². The zero-order chi connectivity index (χ0) is 24.4. The van der Waals surface area contributed by atoms with E-state index in [1.165, 1.54) is 24.3 Å². The zero-order valence-corrected chi connectivity index (χ0v) is 19.6. The number of nitrogens with zero attached hydrogens (tertiary/aromatic N) is 4. The molecular formula is C27H27F2N5O. The van der Waals surface area contributed by atoms with Gasteiger partial charge < -0.3 is 4.90 Å². The first-order valence-electron chi connectivity index (χ1n) is 11.9. The van der Waals surface area contributed by atoms with Gasteiger partial charge in [0.25, 0.3) is 5.91 Å². The highest BCUT2D eigenvalue weighted by molar-refractivity contribution is 5.94. The van der Waals surface area contributed by atoms with Gasteiger partial charge in [0.05, 0.1) is 11.4 Å². The van der Waals surface area contributed by atoms with Crippen LogP contribution in [0.25, 0.3) is 16.9 Å². The molecule has 35 heavy (non-hydrogen) atoms. The molecule has 2 aromatic carbocycles. The molecule has 8 heteroatoms. The number of aryl methyl sites for hydroxylation is 1. The van der Waals surface area contributed by atoms with E-state index in [1.807, 2.05) is 12.1 Å². The van der Waals surface area contributed by atoms with Crippen molar-refractivity contribution in [1.82, 2.24) is 24.9 Å². The summed E-state index contributed by atoms with van der Waals surface area (Å²) in [6.45, 7) is 0.561. The molecule has 2 aromatic heterocycles. The van der Waals surface area contributed by atoms with Crippen LogP contribution in [0.3, 0.4) is 0 Å². The van der Waals surface area contributed by atoms with Crippen LogP contribution in [-0.2, 0) is 19.3 Å². The number of halogens is 2. The number of rotatable bonds is 7. The van der Waals surface area contributed by atoms with Crippen LogP contribution in [-0.4, -0.2) is 44.4 Å². The topological polar surface area (TPSA) is 66.8 Å². The van der Waals surface area contributed by atoms with Crippen molar-refractivity contribution in [3.05, 3.63) is 88.9 Å². The van der Waals surface area contributed by atoms with Crippen LogP contribution in [0.15, 0.2) is 54.6 Å². The number of aromatic amines is 1. The predicted molar refractivity (Wildman–Crippen MR) is 129 cm³/mol. The minimum Gasteiger partial charge on any atom is -0.340 e. The van der Waals surface area contributed by atoms with E-state index >= 15 is 0 Å². The minimum atomic E-state index is -0.300. The zero-order valence-electron chi connectivity index (χ0n) is 19.6. The van der Waals surface area contributed by atoms with Crippen LogP contribution in [0.1, 0.15) is 46.7 Å². The molecule has 0 unspecified atom stereocenters. The number of carbonyl (C=O) groups excluding carboxylic acids is 1. The number of amides is 1. The number of fused-ring (bicyclic) bond motifs is 1. The van der Waals surface area contributed by atoms with Crippen molar-refractivity contribution in [2.75, 3.05) is 13.6 Å². The van der Waals surface area contributed by atoms with Crippen LogP contribution in [0.4, 0.5) is 8.78 Å². The SMILES string of the molecule is CN(CCCc1cc(-c2cccc(F)c2)n[nH]1)C(=O)c1nn(-c2ccc(F)cc2)c2c1CCCC2. The van der Waals surface area contributed by atoms with E-state index in [2.05, 4.69) is 15.3 Å². The maximum atomic E-state index is 13.5. The third kappa shape index (κ3) is 4.87. The number of hydrogen-bond donors (Lipinski definition) is 1. The summed E-state index contributed by atoms with van der Waals surface area (Å²) in [5, 5.41) is 12.0. The molecule has 1 N–H and O–H groups in total. The predicted octanol–water partition coefficient (Wildman–Crippen LogP) is 5.12. The Morgan fingerprint density at radius 3 is 2.66 bits per heavy atom. The third-order valence-corrected chi connectivity index (χ3v) is 6.49. The lowest BCUT2D eigenvalue weighted by Crippen LogP contribution is -2.29. The van der Waals surface area contributed by atoms with Gasteiger partial charge in [0, 0.05) is 36.1 Å². The molecule has 1 amide bonds. The molecule has 5 rings (SSSR count). The number of nitrogens with one attached hydrogen (secondary N) is 1. The molecule has 180 valence electrons. The molecule has 0 atom stereocenters. The average molecular weight is 476 g/mol. The van der Waals surface area contributed by atoms with Gasteiger partial charge in [-0.1, -0.05) is 12.1 Å². The highest BCUT2D eigenvalue weighted by atomic mass is 19.1. The summed E-state index contributed by atoms with van der Waals surface area (Å²) >= 11 is 0. The van der Waals surface area contributed by atoms with Crippen LogP contribution >= 0.6 is 0 Å². The third-order valence-electron chi connectivity index (χ3n) is 6.49. The number of aromatic nitrogens is 4. The van der Waals surface area contributed by atoms with E-state index in [-0.39, 0.29) is 17.5 Å². The molecule has 6 nitrogen and oxygen atoms in total. The molecule has 0 fully saturated rings. The van der Waals surface area contributed by atoms with Crippen molar-refractivity contribution in [2.45, 2.75) is 38.5 Å². The summed E-state index contributed by atoms with van der Waals surface area (Å²) in [6, 6.07) is 14.5. The van der Waals surface area contributed by atoms with Crippen molar-refractivity contribution in [3.63, 3.8) is 0 Å². The Bertz CT molecular complexity index is 1340. The molecule has 4 aromatic rings. The number of benzene rings is 2. The van der Waals surface area contributed by atoms with Crippen LogP contribution < -0.4 is 0 Å². The maximum Gasteiger partial charge on any atom is 0.274 e. The van der Waals surface area contributed by atoms with E-state index in [0.717, 1.165) is 60.3 Å². The maximum absolute atomic E-state index is 13.5. The van der Waals surface area contributed by atoms with Crippen molar-refractivity contribution in [1.29, 1.82) is 0 Å². The molecule has 2 heterocycles. The molecule has 0 saturated heterocycles. The van der Waals surface area contributed by atoms with Crippen LogP contribution in [0.2, 0.25) is 0 Å². The Labute approximate surface area is 202 Å². The second-order valence-electron chi connectivity index (χ2n) is 8.99. The van der Waals surface area contributed by atoms with Crippen molar-refractivity contribution < 1.29 is 13.6 Å². The average Bonchev–Trinajstić information content (AvgIpc) is 3.49. The van der Waals surface area contributed by atoms with Gasteiger partial charge in [0.2, 0.25) is 0 Å². The first-order chi connectivity index (χ1) is 17.0. The lowest BCUT2D eigenvalue weighted by molar-refractivity contribution is 0.0786. The van der Waals surface area contributed by atoms with Gasteiger partial charge in [-0.2, -0.15) is 10.2 Å². The Morgan fingerprint density at radius 1 is 1.06 bits per heavy atom. The van der Waals surface area contributed by atoms with Gasteiger partial charge in [-0.3, -0.25) is 9.89 Å². The fourth-order valence-electron chi connectivity index (χ4n) is 4.64. The Hall–Kier alpha value is -3.81. The van der Waals surface area contributed by atoms with Crippen LogP contribution in [0, 0.1) is 11.6 Å². The molecule has 0 aliphatic heterocycles.